The third-order valence-corrected chi connectivity index (χ3v) is 2.69. The summed E-state index contributed by atoms with van der Waals surface area (Å²) in [4.78, 5) is 0. The summed E-state index contributed by atoms with van der Waals surface area (Å²) in [5.41, 5.74) is 0.811. The Balaban J connectivity index is 2.81. The first-order valence-electron chi connectivity index (χ1n) is 4.91. The number of aryl methyl sites for hydroxylation is 1. The second-order valence-electron chi connectivity index (χ2n) is 4.36. The second-order valence-corrected chi connectivity index (χ2v) is 4.36. The van der Waals surface area contributed by atoms with E-state index in [2.05, 4.69) is 0 Å². The van der Waals surface area contributed by atoms with Gasteiger partial charge in [-0.05, 0) is 32.0 Å². The third-order valence-electron chi connectivity index (χ3n) is 2.69. The van der Waals surface area contributed by atoms with Crippen LogP contribution in [0.2, 0.25) is 0 Å². The number of aromatic nitrogens is 1. The second kappa shape index (κ2) is 3.00. The molecule has 0 bridgehead atoms. The van der Waals surface area contributed by atoms with E-state index in [4.69, 9.17) is 0 Å². The van der Waals surface area contributed by atoms with Crippen molar-refractivity contribution in [1.29, 1.82) is 0 Å². The molecule has 3 heteroatoms. The predicted octanol–water partition coefficient (Wildman–Crippen LogP) is 2.11. The lowest BCUT2D eigenvalue weighted by Crippen LogP contribution is -2.19. The lowest BCUT2D eigenvalue weighted by atomic mass is 10.1. The summed E-state index contributed by atoms with van der Waals surface area (Å²) in [6.45, 7) is 3.47. The standard InChI is InChI=1S/C12H15NO2/c1-12(2,15)11-7-8-9(13(11)3)5-4-6-10(8)14/h4-7,14-15H,1-3H3. The molecule has 0 saturated heterocycles. The van der Waals surface area contributed by atoms with Crippen LogP contribution in [-0.4, -0.2) is 14.8 Å². The van der Waals surface area contributed by atoms with Crippen LogP contribution in [0.1, 0.15) is 19.5 Å². The molecule has 0 aliphatic rings. The number of hydrogen-bond donors (Lipinski definition) is 2. The molecular weight excluding hydrogens is 190 g/mol. The molecular formula is C12H15NO2. The lowest BCUT2D eigenvalue weighted by molar-refractivity contribution is 0.0712. The third kappa shape index (κ3) is 1.49. The van der Waals surface area contributed by atoms with Gasteiger partial charge in [0.25, 0.3) is 0 Å². The number of aliphatic hydroxyl groups is 1. The molecule has 0 unspecified atom stereocenters. The van der Waals surface area contributed by atoms with E-state index in [0.29, 0.717) is 0 Å². The van der Waals surface area contributed by atoms with E-state index in [0.717, 1.165) is 16.6 Å². The molecule has 1 aromatic heterocycles. The van der Waals surface area contributed by atoms with Crippen LogP contribution in [0.4, 0.5) is 0 Å². The Labute approximate surface area is 88.6 Å². The van der Waals surface area contributed by atoms with Crippen LogP contribution in [0, 0.1) is 0 Å². The number of fused-ring (bicyclic) bond motifs is 1. The molecule has 15 heavy (non-hydrogen) atoms. The van der Waals surface area contributed by atoms with Gasteiger partial charge in [0.15, 0.2) is 0 Å². The van der Waals surface area contributed by atoms with Gasteiger partial charge in [0.1, 0.15) is 5.75 Å². The summed E-state index contributed by atoms with van der Waals surface area (Å²) in [6.07, 6.45) is 0. The van der Waals surface area contributed by atoms with Crippen molar-refractivity contribution >= 4 is 10.9 Å². The van der Waals surface area contributed by atoms with E-state index in [1.54, 1.807) is 26.0 Å². The highest BCUT2D eigenvalue weighted by Gasteiger charge is 2.21. The Morgan fingerprint density at radius 3 is 2.47 bits per heavy atom. The molecule has 0 amide bonds. The van der Waals surface area contributed by atoms with Gasteiger partial charge in [0.2, 0.25) is 0 Å². The van der Waals surface area contributed by atoms with Crippen molar-refractivity contribution in [3.63, 3.8) is 0 Å². The smallest absolute Gasteiger partial charge is 0.124 e. The van der Waals surface area contributed by atoms with E-state index < -0.39 is 5.60 Å². The molecule has 2 N–H and O–H groups in total. The molecule has 0 aliphatic carbocycles. The van der Waals surface area contributed by atoms with Crippen molar-refractivity contribution < 1.29 is 10.2 Å². The van der Waals surface area contributed by atoms with Crippen molar-refractivity contribution in [3.8, 4) is 5.75 Å². The normalized spacial score (nSPS) is 12.3. The van der Waals surface area contributed by atoms with Crippen molar-refractivity contribution in [1.82, 2.24) is 4.57 Å². The highest BCUT2D eigenvalue weighted by molar-refractivity contribution is 5.87. The predicted molar refractivity (Wildman–Crippen MR) is 59.8 cm³/mol. The van der Waals surface area contributed by atoms with Gasteiger partial charge in [0, 0.05) is 18.1 Å². The lowest BCUT2D eigenvalue weighted by Gasteiger charge is -2.18. The average Bonchev–Trinajstić information content (AvgIpc) is 2.45. The Bertz CT molecular complexity index is 506. The fraction of sp³-hybridized carbons (Fsp3) is 0.333. The summed E-state index contributed by atoms with van der Waals surface area (Å²) in [5, 5.41) is 20.4. The summed E-state index contributed by atoms with van der Waals surface area (Å²) in [7, 11) is 1.88. The number of phenolic OH excluding ortho intramolecular Hbond substituents is 1. The Morgan fingerprint density at radius 1 is 1.27 bits per heavy atom. The van der Waals surface area contributed by atoms with Crippen LogP contribution >= 0.6 is 0 Å². The monoisotopic (exact) mass is 205 g/mol. The molecule has 0 saturated carbocycles. The van der Waals surface area contributed by atoms with Crippen LogP contribution in [-0.2, 0) is 12.6 Å². The topological polar surface area (TPSA) is 45.4 Å². The molecule has 0 radical (unpaired) electrons. The molecule has 1 aromatic carbocycles. The number of benzene rings is 1. The molecule has 2 aromatic rings. The summed E-state index contributed by atoms with van der Waals surface area (Å²) >= 11 is 0. The number of hydrogen-bond acceptors (Lipinski definition) is 2. The van der Waals surface area contributed by atoms with E-state index in [1.807, 2.05) is 23.7 Å². The zero-order valence-electron chi connectivity index (χ0n) is 9.15. The van der Waals surface area contributed by atoms with Gasteiger partial charge < -0.3 is 14.8 Å². The fourth-order valence-electron chi connectivity index (χ4n) is 1.93. The molecule has 3 nitrogen and oxygen atoms in total. The maximum atomic E-state index is 9.96. The largest absolute Gasteiger partial charge is 0.507 e. The van der Waals surface area contributed by atoms with Crippen LogP contribution < -0.4 is 0 Å². The van der Waals surface area contributed by atoms with Crippen LogP contribution in [0.25, 0.3) is 10.9 Å². The summed E-state index contributed by atoms with van der Waals surface area (Å²) < 4.78 is 1.90. The molecule has 2 rings (SSSR count). The highest BCUT2D eigenvalue weighted by Crippen LogP contribution is 2.31. The quantitative estimate of drug-likeness (QED) is 0.749. The maximum Gasteiger partial charge on any atom is 0.124 e. The van der Waals surface area contributed by atoms with Gasteiger partial charge in [-0.2, -0.15) is 0 Å². The van der Waals surface area contributed by atoms with Crippen LogP contribution in [0.15, 0.2) is 24.3 Å². The van der Waals surface area contributed by atoms with Gasteiger partial charge >= 0.3 is 0 Å². The molecule has 0 aliphatic heterocycles. The van der Waals surface area contributed by atoms with E-state index >= 15 is 0 Å². The Hall–Kier alpha value is -1.48. The van der Waals surface area contributed by atoms with Crippen molar-refractivity contribution in [3.05, 3.63) is 30.0 Å². The minimum atomic E-state index is -0.903. The molecule has 0 fully saturated rings. The Kier molecular flexibility index (Phi) is 2.01. The highest BCUT2D eigenvalue weighted by atomic mass is 16.3. The zero-order valence-corrected chi connectivity index (χ0v) is 9.15. The minimum Gasteiger partial charge on any atom is -0.507 e. The van der Waals surface area contributed by atoms with Gasteiger partial charge in [0.05, 0.1) is 11.1 Å². The number of rotatable bonds is 1. The van der Waals surface area contributed by atoms with Gasteiger partial charge in [-0.15, -0.1) is 0 Å². The molecule has 1 heterocycles. The first-order valence-corrected chi connectivity index (χ1v) is 4.91. The van der Waals surface area contributed by atoms with Crippen LogP contribution in [0.3, 0.4) is 0 Å². The maximum absolute atomic E-state index is 9.96. The number of phenols is 1. The first kappa shape index (κ1) is 10.1. The first-order chi connectivity index (χ1) is 6.91. The average molecular weight is 205 g/mol. The molecule has 0 spiro atoms. The minimum absolute atomic E-state index is 0.249. The van der Waals surface area contributed by atoms with E-state index in [1.165, 1.54) is 0 Å². The Morgan fingerprint density at radius 2 is 1.93 bits per heavy atom. The molecule has 80 valence electrons. The molecule has 0 atom stereocenters. The summed E-state index contributed by atoms with van der Waals surface area (Å²) in [5.74, 6) is 0.249. The van der Waals surface area contributed by atoms with E-state index in [9.17, 15) is 10.2 Å². The van der Waals surface area contributed by atoms with Crippen molar-refractivity contribution in [2.24, 2.45) is 7.05 Å². The van der Waals surface area contributed by atoms with Crippen LogP contribution in [0.5, 0.6) is 5.75 Å². The van der Waals surface area contributed by atoms with Gasteiger partial charge in [-0.1, -0.05) is 6.07 Å². The van der Waals surface area contributed by atoms with Crippen molar-refractivity contribution in [2.75, 3.05) is 0 Å². The zero-order chi connectivity index (χ0) is 11.2. The van der Waals surface area contributed by atoms with Gasteiger partial charge in [-0.3, -0.25) is 0 Å². The van der Waals surface area contributed by atoms with Crippen molar-refractivity contribution in [2.45, 2.75) is 19.4 Å². The summed E-state index contributed by atoms with van der Waals surface area (Å²) in [6, 6.07) is 7.19. The van der Waals surface area contributed by atoms with E-state index in [-0.39, 0.29) is 5.75 Å². The SMILES string of the molecule is Cn1c(C(C)(C)O)cc2c(O)cccc21. The van der Waals surface area contributed by atoms with Gasteiger partial charge in [-0.25, -0.2) is 0 Å². The number of aromatic hydroxyl groups is 1. The number of nitrogens with zero attached hydrogens (tertiary/aromatic N) is 1. The fourth-order valence-corrected chi connectivity index (χ4v) is 1.93.